The second-order valence-corrected chi connectivity index (χ2v) is 6.02. The van der Waals surface area contributed by atoms with Crippen molar-refractivity contribution in [1.29, 1.82) is 0 Å². The summed E-state index contributed by atoms with van der Waals surface area (Å²) in [6.45, 7) is 1.73. The molecule has 2 N–H and O–H groups in total. The number of rotatable bonds is 4. The van der Waals surface area contributed by atoms with Gasteiger partial charge in [-0.15, -0.1) is 0 Å². The van der Waals surface area contributed by atoms with E-state index in [-0.39, 0.29) is 6.42 Å². The van der Waals surface area contributed by atoms with Gasteiger partial charge in [0.2, 0.25) is 0 Å². The lowest BCUT2D eigenvalue weighted by Gasteiger charge is -2.33. The third-order valence-corrected chi connectivity index (χ3v) is 4.21. The number of methoxy groups -OCH3 is 1. The third kappa shape index (κ3) is 3.14. The Labute approximate surface area is 146 Å². The van der Waals surface area contributed by atoms with Gasteiger partial charge in [-0.3, -0.25) is 4.79 Å². The van der Waals surface area contributed by atoms with Crippen LogP contribution in [-0.4, -0.2) is 34.0 Å². The summed E-state index contributed by atoms with van der Waals surface area (Å²) >= 11 is 0. The Morgan fingerprint density at radius 1 is 1.24 bits per heavy atom. The number of carbonyl (C=O) groups excluding carboxylic acids is 1. The predicted molar refractivity (Wildman–Crippen MR) is 92.9 cm³/mol. The number of ether oxygens (including phenoxy) is 1. The molecule has 0 aromatic heterocycles. The minimum atomic E-state index is -1.66. The maximum atomic E-state index is 12.8. The van der Waals surface area contributed by atoms with E-state index < -0.39 is 17.7 Å². The van der Waals surface area contributed by atoms with Gasteiger partial charge in [0.1, 0.15) is 5.75 Å². The van der Waals surface area contributed by atoms with E-state index in [4.69, 9.17) is 4.74 Å². The largest absolute Gasteiger partial charge is 0.497 e. The molecule has 1 heterocycles. The van der Waals surface area contributed by atoms with E-state index in [0.717, 1.165) is 5.01 Å². The molecule has 2 aromatic carbocycles. The molecule has 0 unspecified atom stereocenters. The summed E-state index contributed by atoms with van der Waals surface area (Å²) in [5.74, 6) is -0.125. The Balaban J connectivity index is 1.96. The second kappa shape index (κ2) is 6.66. The highest BCUT2D eigenvalue weighted by Crippen LogP contribution is 2.38. The number of nitrogens with zero attached hydrogens (tertiary/aromatic N) is 2. The molecule has 0 fully saturated rings. The van der Waals surface area contributed by atoms with E-state index in [9.17, 15) is 15.0 Å². The lowest BCUT2D eigenvalue weighted by atomic mass is 9.96. The molecule has 1 aliphatic rings. The van der Waals surface area contributed by atoms with Crippen molar-refractivity contribution in [2.45, 2.75) is 25.2 Å². The summed E-state index contributed by atoms with van der Waals surface area (Å²) < 4.78 is 5.20. The number of hydrazone groups is 1. The molecule has 3 rings (SSSR count). The minimum Gasteiger partial charge on any atom is -0.497 e. The Morgan fingerprint density at radius 2 is 1.96 bits per heavy atom. The van der Waals surface area contributed by atoms with Crippen LogP contribution in [0.4, 0.5) is 0 Å². The second-order valence-electron chi connectivity index (χ2n) is 6.02. The molecule has 0 spiro atoms. The minimum absolute atomic E-state index is 0.160. The van der Waals surface area contributed by atoms with Crippen molar-refractivity contribution in [3.63, 3.8) is 0 Å². The topological polar surface area (TPSA) is 82.4 Å². The standard InChI is InChI=1S/C19H20N2O4/c1-13-12-19(24,15-9-6-10-16(11-15)25-2)21(20-13)18(23)17(22)14-7-4-3-5-8-14/h3-11,17,22,24H,12H2,1-2H3/t17-,19-/m0/s1. The van der Waals surface area contributed by atoms with Crippen molar-refractivity contribution in [3.05, 3.63) is 65.7 Å². The molecule has 25 heavy (non-hydrogen) atoms. The van der Waals surface area contributed by atoms with Gasteiger partial charge < -0.3 is 14.9 Å². The number of aliphatic hydroxyl groups excluding tert-OH is 1. The maximum absolute atomic E-state index is 12.8. The lowest BCUT2D eigenvalue weighted by Crippen LogP contribution is -2.45. The molecule has 130 valence electrons. The average Bonchev–Trinajstić information content (AvgIpc) is 2.97. The first-order valence-corrected chi connectivity index (χ1v) is 7.94. The lowest BCUT2D eigenvalue weighted by molar-refractivity contribution is -0.167. The first kappa shape index (κ1) is 17.1. The van der Waals surface area contributed by atoms with Crippen molar-refractivity contribution >= 4 is 11.6 Å². The number of benzene rings is 2. The van der Waals surface area contributed by atoms with Crippen LogP contribution >= 0.6 is 0 Å². The van der Waals surface area contributed by atoms with E-state index >= 15 is 0 Å². The fourth-order valence-electron chi connectivity index (χ4n) is 2.94. The van der Waals surface area contributed by atoms with Gasteiger partial charge in [-0.1, -0.05) is 42.5 Å². The van der Waals surface area contributed by atoms with E-state index in [2.05, 4.69) is 5.10 Å². The van der Waals surface area contributed by atoms with E-state index in [1.54, 1.807) is 61.5 Å². The zero-order valence-electron chi connectivity index (χ0n) is 14.1. The van der Waals surface area contributed by atoms with Gasteiger partial charge in [-0.05, 0) is 24.6 Å². The number of aliphatic hydroxyl groups is 2. The van der Waals surface area contributed by atoms with Crippen LogP contribution in [-0.2, 0) is 10.5 Å². The summed E-state index contributed by atoms with van der Waals surface area (Å²) in [4.78, 5) is 12.8. The molecule has 6 heteroatoms. The van der Waals surface area contributed by atoms with E-state index in [0.29, 0.717) is 22.6 Å². The van der Waals surface area contributed by atoms with Crippen LogP contribution in [0.3, 0.4) is 0 Å². The summed E-state index contributed by atoms with van der Waals surface area (Å²) in [5, 5.41) is 26.8. The van der Waals surface area contributed by atoms with Crippen LogP contribution < -0.4 is 4.74 Å². The highest BCUT2D eigenvalue weighted by molar-refractivity contribution is 5.91. The SMILES string of the molecule is COc1cccc([C@@]2(O)CC(C)=NN2C(=O)[C@@H](O)c2ccccc2)c1. The predicted octanol–water partition coefficient (Wildman–Crippen LogP) is 2.18. The van der Waals surface area contributed by atoms with Gasteiger partial charge in [-0.2, -0.15) is 10.1 Å². The van der Waals surface area contributed by atoms with Crippen molar-refractivity contribution in [2.24, 2.45) is 5.10 Å². The Morgan fingerprint density at radius 3 is 2.64 bits per heavy atom. The molecular weight excluding hydrogens is 320 g/mol. The van der Waals surface area contributed by atoms with Crippen LogP contribution in [0, 0.1) is 0 Å². The molecule has 0 saturated carbocycles. The van der Waals surface area contributed by atoms with Gasteiger partial charge in [0.05, 0.1) is 7.11 Å². The van der Waals surface area contributed by atoms with Crippen molar-refractivity contribution in [1.82, 2.24) is 5.01 Å². The molecule has 1 aliphatic heterocycles. The van der Waals surface area contributed by atoms with E-state index in [1.807, 2.05) is 0 Å². The molecule has 0 aliphatic carbocycles. The maximum Gasteiger partial charge on any atom is 0.279 e. The quantitative estimate of drug-likeness (QED) is 0.894. The van der Waals surface area contributed by atoms with Gasteiger partial charge >= 0.3 is 0 Å². The van der Waals surface area contributed by atoms with Crippen LogP contribution in [0.15, 0.2) is 59.7 Å². The molecule has 0 saturated heterocycles. The fraction of sp³-hybridized carbons (Fsp3) is 0.263. The molecule has 0 bridgehead atoms. The fourth-order valence-corrected chi connectivity index (χ4v) is 2.94. The first-order chi connectivity index (χ1) is 12.0. The summed E-state index contributed by atoms with van der Waals surface area (Å²) in [6, 6.07) is 15.4. The molecule has 0 radical (unpaired) electrons. The molecular formula is C19H20N2O4. The van der Waals surface area contributed by atoms with Gasteiger partial charge in [0.25, 0.3) is 5.91 Å². The molecule has 1 amide bonds. The van der Waals surface area contributed by atoms with Crippen molar-refractivity contribution in [2.75, 3.05) is 7.11 Å². The summed E-state index contributed by atoms with van der Waals surface area (Å²) in [7, 11) is 1.53. The summed E-state index contributed by atoms with van der Waals surface area (Å²) in [5.41, 5.74) is -0.147. The monoisotopic (exact) mass is 340 g/mol. The molecule has 2 aromatic rings. The number of hydrogen-bond donors (Lipinski definition) is 2. The van der Waals surface area contributed by atoms with Crippen LogP contribution in [0.5, 0.6) is 5.75 Å². The van der Waals surface area contributed by atoms with Crippen LogP contribution in [0.2, 0.25) is 0 Å². The smallest absolute Gasteiger partial charge is 0.279 e. The molecule has 2 atom stereocenters. The first-order valence-electron chi connectivity index (χ1n) is 7.94. The Kier molecular flexibility index (Phi) is 4.57. The highest BCUT2D eigenvalue weighted by atomic mass is 16.5. The number of carbonyl (C=O) groups is 1. The zero-order valence-corrected chi connectivity index (χ0v) is 14.1. The van der Waals surface area contributed by atoms with Crippen LogP contribution in [0.25, 0.3) is 0 Å². The van der Waals surface area contributed by atoms with Crippen molar-refractivity contribution in [3.8, 4) is 5.75 Å². The van der Waals surface area contributed by atoms with Gasteiger partial charge in [-0.25, -0.2) is 0 Å². The average molecular weight is 340 g/mol. The third-order valence-electron chi connectivity index (χ3n) is 4.21. The summed E-state index contributed by atoms with van der Waals surface area (Å²) in [6.07, 6.45) is -1.25. The number of hydrogen-bond acceptors (Lipinski definition) is 5. The van der Waals surface area contributed by atoms with Crippen LogP contribution in [0.1, 0.15) is 30.6 Å². The number of amides is 1. The zero-order chi connectivity index (χ0) is 18.0. The Bertz CT molecular complexity index is 806. The van der Waals surface area contributed by atoms with Gasteiger partial charge in [0, 0.05) is 17.7 Å². The van der Waals surface area contributed by atoms with Gasteiger partial charge in [0.15, 0.2) is 11.8 Å². The highest BCUT2D eigenvalue weighted by Gasteiger charge is 2.46. The van der Waals surface area contributed by atoms with Crippen molar-refractivity contribution < 1.29 is 19.7 Å². The van der Waals surface area contributed by atoms with E-state index in [1.165, 1.54) is 7.11 Å². The normalized spacial score (nSPS) is 21.0. The molecule has 6 nitrogen and oxygen atoms in total. The Hall–Kier alpha value is -2.70.